The lowest BCUT2D eigenvalue weighted by Crippen LogP contribution is -2.59. The van der Waals surface area contributed by atoms with E-state index in [9.17, 15) is 14.7 Å². The zero-order chi connectivity index (χ0) is 19.4. The molecule has 0 bridgehead atoms. The number of phenols is 1. The van der Waals surface area contributed by atoms with Crippen LogP contribution in [0.4, 0.5) is 0 Å². The summed E-state index contributed by atoms with van der Waals surface area (Å²) in [5, 5.41) is 10.1. The number of amides is 2. The monoisotopic (exact) mass is 383 g/mol. The van der Waals surface area contributed by atoms with Crippen LogP contribution < -0.4 is 10.9 Å². The minimum absolute atomic E-state index is 0.00693. The number of nitrogens with zero attached hydrogens (tertiary/aromatic N) is 1. The molecule has 2 rings (SSSR count). The summed E-state index contributed by atoms with van der Waals surface area (Å²) < 4.78 is 5.72. The van der Waals surface area contributed by atoms with Crippen molar-refractivity contribution >= 4 is 23.4 Å². The predicted molar refractivity (Wildman–Crippen MR) is 98.9 cm³/mol. The van der Waals surface area contributed by atoms with Crippen molar-refractivity contribution in [3.05, 3.63) is 28.8 Å². The molecule has 0 saturated carbocycles. The number of carbonyl (C=O) groups excluding carboxylic acids is 2. The molecule has 3 N–H and O–H groups in total. The van der Waals surface area contributed by atoms with Gasteiger partial charge in [0.15, 0.2) is 0 Å². The van der Waals surface area contributed by atoms with Crippen molar-refractivity contribution in [3.63, 3.8) is 0 Å². The van der Waals surface area contributed by atoms with Crippen LogP contribution in [0.5, 0.6) is 5.75 Å². The van der Waals surface area contributed by atoms with Gasteiger partial charge < -0.3 is 9.84 Å². The van der Waals surface area contributed by atoms with E-state index in [0.717, 1.165) is 0 Å². The summed E-state index contributed by atoms with van der Waals surface area (Å²) in [4.78, 5) is 27.0. The summed E-state index contributed by atoms with van der Waals surface area (Å²) in [6.07, 6.45) is 0.0663. The predicted octanol–water partition coefficient (Wildman–Crippen LogP) is 1.94. The third kappa shape index (κ3) is 5.09. The van der Waals surface area contributed by atoms with Gasteiger partial charge in [0.05, 0.1) is 23.8 Å². The van der Waals surface area contributed by atoms with Gasteiger partial charge in [-0.25, -0.2) is 0 Å². The number of hydrazine groups is 1. The topological polar surface area (TPSA) is 90.9 Å². The van der Waals surface area contributed by atoms with E-state index in [4.69, 9.17) is 16.3 Å². The van der Waals surface area contributed by atoms with Gasteiger partial charge in [-0.3, -0.25) is 25.3 Å². The van der Waals surface area contributed by atoms with Crippen LogP contribution in [-0.4, -0.2) is 53.2 Å². The van der Waals surface area contributed by atoms with E-state index in [1.807, 2.05) is 27.7 Å². The molecule has 144 valence electrons. The SMILES string of the molecule is CC1CN(C(C(=O)NNC(=O)c2cc(Cl)ccc2O)C(C)C)CC(C)O1. The fourth-order valence-electron chi connectivity index (χ4n) is 3.28. The van der Waals surface area contributed by atoms with Crippen molar-refractivity contribution in [1.29, 1.82) is 0 Å². The zero-order valence-corrected chi connectivity index (χ0v) is 16.2. The molecule has 0 aromatic heterocycles. The normalized spacial score (nSPS) is 22.1. The number of halogens is 1. The number of rotatable bonds is 4. The molecule has 2 amide bonds. The minimum Gasteiger partial charge on any atom is -0.507 e. The lowest BCUT2D eigenvalue weighted by atomic mass is 10.00. The van der Waals surface area contributed by atoms with Crippen molar-refractivity contribution in [2.45, 2.75) is 45.9 Å². The largest absolute Gasteiger partial charge is 0.507 e. The Hall–Kier alpha value is -1.83. The highest BCUT2D eigenvalue weighted by Gasteiger charge is 2.34. The molecule has 3 atom stereocenters. The number of carbonyl (C=O) groups is 2. The average Bonchev–Trinajstić information content (AvgIpc) is 2.53. The highest BCUT2D eigenvalue weighted by Crippen LogP contribution is 2.21. The fourth-order valence-corrected chi connectivity index (χ4v) is 3.46. The summed E-state index contributed by atoms with van der Waals surface area (Å²) in [5.74, 6) is -1.11. The molecule has 1 saturated heterocycles. The Morgan fingerprint density at radius 3 is 2.42 bits per heavy atom. The van der Waals surface area contributed by atoms with E-state index in [1.165, 1.54) is 18.2 Å². The number of aromatic hydroxyl groups is 1. The standard InChI is InChI=1S/C18H26ClN3O4/c1-10(2)16(22-8-11(3)26-12(4)9-22)18(25)21-20-17(24)14-7-13(19)5-6-15(14)23/h5-7,10-12,16,23H,8-9H2,1-4H3,(H,20,24)(H,21,25). The van der Waals surface area contributed by atoms with Crippen LogP contribution in [0.2, 0.25) is 5.02 Å². The van der Waals surface area contributed by atoms with Crippen molar-refractivity contribution < 1.29 is 19.4 Å². The molecule has 7 nitrogen and oxygen atoms in total. The highest BCUT2D eigenvalue weighted by atomic mass is 35.5. The molecular weight excluding hydrogens is 358 g/mol. The second-order valence-electron chi connectivity index (χ2n) is 7.00. The fraction of sp³-hybridized carbons (Fsp3) is 0.556. The maximum absolute atomic E-state index is 12.7. The van der Waals surface area contributed by atoms with Gasteiger partial charge in [0.25, 0.3) is 11.8 Å². The lowest BCUT2D eigenvalue weighted by molar-refractivity contribution is -0.136. The van der Waals surface area contributed by atoms with Crippen LogP contribution in [0, 0.1) is 5.92 Å². The van der Waals surface area contributed by atoms with Crippen LogP contribution in [0.25, 0.3) is 0 Å². The van der Waals surface area contributed by atoms with Crippen LogP contribution >= 0.6 is 11.6 Å². The second kappa shape index (κ2) is 8.70. The first-order valence-corrected chi connectivity index (χ1v) is 9.05. The second-order valence-corrected chi connectivity index (χ2v) is 7.44. The van der Waals surface area contributed by atoms with E-state index >= 15 is 0 Å². The van der Waals surface area contributed by atoms with Crippen molar-refractivity contribution in [2.24, 2.45) is 5.92 Å². The maximum atomic E-state index is 12.7. The summed E-state index contributed by atoms with van der Waals surface area (Å²) in [6.45, 7) is 9.15. The Bertz CT molecular complexity index is 658. The van der Waals surface area contributed by atoms with Crippen molar-refractivity contribution in [1.82, 2.24) is 15.8 Å². The Balaban J connectivity index is 2.03. The number of phenolic OH excluding ortho intramolecular Hbond substituents is 1. The smallest absolute Gasteiger partial charge is 0.273 e. The van der Waals surface area contributed by atoms with Gasteiger partial charge >= 0.3 is 0 Å². The summed E-state index contributed by atoms with van der Waals surface area (Å²) >= 11 is 5.85. The average molecular weight is 384 g/mol. The Labute approximate surface area is 158 Å². The lowest BCUT2D eigenvalue weighted by Gasteiger charge is -2.40. The Morgan fingerprint density at radius 1 is 1.23 bits per heavy atom. The minimum atomic E-state index is -0.635. The molecule has 0 radical (unpaired) electrons. The number of nitrogens with one attached hydrogen (secondary N) is 2. The summed E-state index contributed by atoms with van der Waals surface area (Å²) in [5.41, 5.74) is 4.80. The molecule has 1 aliphatic rings. The molecule has 1 fully saturated rings. The van der Waals surface area contributed by atoms with Gasteiger partial charge in [0, 0.05) is 18.1 Å². The van der Waals surface area contributed by atoms with Crippen LogP contribution in [-0.2, 0) is 9.53 Å². The van der Waals surface area contributed by atoms with Crippen LogP contribution in [0.3, 0.4) is 0 Å². The van der Waals surface area contributed by atoms with Gasteiger partial charge in [-0.2, -0.15) is 0 Å². The first kappa shape index (κ1) is 20.5. The van der Waals surface area contributed by atoms with Gasteiger partial charge in [-0.15, -0.1) is 0 Å². The summed E-state index contributed by atoms with van der Waals surface area (Å²) in [6, 6.07) is 3.73. The number of hydrogen-bond acceptors (Lipinski definition) is 5. The molecule has 0 aliphatic carbocycles. The third-order valence-electron chi connectivity index (χ3n) is 4.24. The van der Waals surface area contributed by atoms with E-state index in [1.54, 1.807) is 0 Å². The third-order valence-corrected chi connectivity index (χ3v) is 4.48. The van der Waals surface area contributed by atoms with Gasteiger partial charge in [-0.05, 0) is 38.0 Å². The number of morpholine rings is 1. The Kier molecular flexibility index (Phi) is 6.86. The number of ether oxygens (including phenoxy) is 1. The van der Waals surface area contributed by atoms with E-state index in [2.05, 4.69) is 15.8 Å². The van der Waals surface area contributed by atoms with E-state index in [-0.39, 0.29) is 35.3 Å². The van der Waals surface area contributed by atoms with Crippen molar-refractivity contribution in [2.75, 3.05) is 13.1 Å². The molecule has 8 heteroatoms. The van der Waals surface area contributed by atoms with E-state index in [0.29, 0.717) is 18.1 Å². The molecule has 1 aliphatic heterocycles. The Morgan fingerprint density at radius 2 is 1.85 bits per heavy atom. The maximum Gasteiger partial charge on any atom is 0.273 e. The van der Waals surface area contributed by atoms with Crippen LogP contribution in [0.15, 0.2) is 18.2 Å². The number of benzene rings is 1. The first-order valence-electron chi connectivity index (χ1n) is 8.67. The molecule has 1 aromatic rings. The molecule has 3 unspecified atom stereocenters. The number of hydrogen-bond donors (Lipinski definition) is 3. The highest BCUT2D eigenvalue weighted by molar-refractivity contribution is 6.31. The van der Waals surface area contributed by atoms with E-state index < -0.39 is 11.9 Å². The van der Waals surface area contributed by atoms with Gasteiger partial charge in [-0.1, -0.05) is 25.4 Å². The molecule has 0 spiro atoms. The molecular formula is C18H26ClN3O4. The van der Waals surface area contributed by atoms with Crippen molar-refractivity contribution in [3.8, 4) is 5.75 Å². The zero-order valence-electron chi connectivity index (χ0n) is 15.5. The first-order chi connectivity index (χ1) is 12.2. The van der Waals surface area contributed by atoms with Gasteiger partial charge in [0.2, 0.25) is 0 Å². The van der Waals surface area contributed by atoms with Crippen LogP contribution in [0.1, 0.15) is 38.1 Å². The molecule has 26 heavy (non-hydrogen) atoms. The molecule has 1 heterocycles. The molecule has 1 aromatic carbocycles. The summed E-state index contributed by atoms with van der Waals surface area (Å²) in [7, 11) is 0. The quantitative estimate of drug-likeness (QED) is 0.691. The van der Waals surface area contributed by atoms with Gasteiger partial charge in [0.1, 0.15) is 5.75 Å².